The second-order valence-corrected chi connectivity index (χ2v) is 3.64. The molecule has 0 saturated carbocycles. The van der Waals surface area contributed by atoms with Crippen molar-refractivity contribution in [3.05, 3.63) is 48.0 Å². The quantitative estimate of drug-likeness (QED) is 0.507. The fourth-order valence-corrected chi connectivity index (χ4v) is 1.58. The van der Waals surface area contributed by atoms with E-state index in [-0.39, 0.29) is 5.60 Å². The van der Waals surface area contributed by atoms with Crippen molar-refractivity contribution in [1.29, 1.82) is 0 Å². The Hall–Kier alpha value is -1.08. The van der Waals surface area contributed by atoms with E-state index in [1.54, 1.807) is 0 Å². The molecule has 0 N–H and O–H groups in total. The fourth-order valence-electron chi connectivity index (χ4n) is 1.58. The van der Waals surface area contributed by atoms with Crippen molar-refractivity contribution in [3.63, 3.8) is 0 Å². The molecule has 0 aliphatic carbocycles. The highest BCUT2D eigenvalue weighted by Crippen LogP contribution is 2.42. The molecule has 1 fully saturated rings. The van der Waals surface area contributed by atoms with Crippen molar-refractivity contribution in [3.8, 4) is 0 Å². The Morgan fingerprint density at radius 1 is 1.46 bits per heavy atom. The molecule has 0 bridgehead atoms. The number of ether oxygens (including phenoxy) is 1. The Morgan fingerprint density at radius 2 is 2.08 bits per heavy atom. The van der Waals surface area contributed by atoms with Crippen LogP contribution in [0.3, 0.4) is 0 Å². The minimum Gasteiger partial charge on any atom is -0.364 e. The molecule has 1 aromatic carbocycles. The maximum Gasteiger partial charge on any atom is 0.120 e. The van der Waals surface area contributed by atoms with E-state index in [4.69, 9.17) is 4.74 Å². The standard InChI is InChI=1S/C12H14O/c1-3-8-12(9-13-12)11-6-4-10(2)5-7-11/h3-7H,1,8-9H2,2H3. The van der Waals surface area contributed by atoms with E-state index in [9.17, 15) is 0 Å². The van der Waals surface area contributed by atoms with Crippen molar-refractivity contribution in [2.45, 2.75) is 18.9 Å². The molecule has 0 spiro atoms. The summed E-state index contributed by atoms with van der Waals surface area (Å²) in [6, 6.07) is 8.54. The molecule has 2 rings (SSSR count). The zero-order valence-corrected chi connectivity index (χ0v) is 7.92. The van der Waals surface area contributed by atoms with Crippen LogP contribution in [0, 0.1) is 6.92 Å². The van der Waals surface area contributed by atoms with Gasteiger partial charge in [0.2, 0.25) is 0 Å². The normalized spacial score (nSPS) is 25.6. The first kappa shape index (κ1) is 8.52. The zero-order valence-electron chi connectivity index (χ0n) is 7.92. The lowest BCUT2D eigenvalue weighted by Crippen LogP contribution is -2.06. The molecular weight excluding hydrogens is 160 g/mol. The van der Waals surface area contributed by atoms with Crippen LogP contribution in [0.4, 0.5) is 0 Å². The van der Waals surface area contributed by atoms with Crippen molar-refractivity contribution in [2.24, 2.45) is 0 Å². The van der Waals surface area contributed by atoms with Crippen LogP contribution in [0.1, 0.15) is 17.5 Å². The third kappa shape index (κ3) is 1.52. The first-order chi connectivity index (χ1) is 6.27. The first-order valence-corrected chi connectivity index (χ1v) is 4.59. The molecule has 1 aromatic rings. The van der Waals surface area contributed by atoms with E-state index in [0.29, 0.717) is 0 Å². The second kappa shape index (κ2) is 3.00. The molecular formula is C12H14O. The molecule has 0 amide bonds. The summed E-state index contributed by atoms with van der Waals surface area (Å²) in [5.74, 6) is 0. The molecule has 0 aromatic heterocycles. The predicted molar refractivity (Wildman–Crippen MR) is 53.6 cm³/mol. The van der Waals surface area contributed by atoms with Gasteiger partial charge >= 0.3 is 0 Å². The highest BCUT2D eigenvalue weighted by atomic mass is 16.6. The largest absolute Gasteiger partial charge is 0.364 e. The van der Waals surface area contributed by atoms with Crippen LogP contribution >= 0.6 is 0 Å². The van der Waals surface area contributed by atoms with Gasteiger partial charge in [-0.1, -0.05) is 35.9 Å². The molecule has 1 unspecified atom stereocenters. The zero-order chi connectivity index (χ0) is 9.31. The van der Waals surface area contributed by atoms with Crippen LogP contribution < -0.4 is 0 Å². The molecule has 0 radical (unpaired) electrons. The Morgan fingerprint density at radius 3 is 2.54 bits per heavy atom. The van der Waals surface area contributed by atoms with E-state index >= 15 is 0 Å². The van der Waals surface area contributed by atoms with Gasteiger partial charge in [-0.3, -0.25) is 0 Å². The summed E-state index contributed by atoms with van der Waals surface area (Å²) in [7, 11) is 0. The van der Waals surface area contributed by atoms with Gasteiger partial charge in [0.1, 0.15) is 5.60 Å². The summed E-state index contributed by atoms with van der Waals surface area (Å²) in [4.78, 5) is 0. The van der Waals surface area contributed by atoms with Gasteiger partial charge in [-0.25, -0.2) is 0 Å². The van der Waals surface area contributed by atoms with Gasteiger partial charge in [-0.05, 0) is 12.5 Å². The van der Waals surface area contributed by atoms with Gasteiger partial charge in [0.15, 0.2) is 0 Å². The molecule has 13 heavy (non-hydrogen) atoms. The number of hydrogen-bond donors (Lipinski definition) is 0. The summed E-state index contributed by atoms with van der Waals surface area (Å²) < 4.78 is 5.49. The van der Waals surface area contributed by atoms with Crippen LogP contribution in [0.5, 0.6) is 0 Å². The molecule has 1 heteroatoms. The maximum absolute atomic E-state index is 5.49. The minimum absolute atomic E-state index is 0.0323. The van der Waals surface area contributed by atoms with Gasteiger partial charge in [-0.2, -0.15) is 0 Å². The fraction of sp³-hybridized carbons (Fsp3) is 0.333. The van der Waals surface area contributed by atoms with Gasteiger partial charge < -0.3 is 4.74 Å². The lowest BCUT2D eigenvalue weighted by molar-refractivity contribution is 0.310. The van der Waals surface area contributed by atoms with Crippen LogP contribution in [0.25, 0.3) is 0 Å². The molecule has 1 aliphatic rings. The summed E-state index contributed by atoms with van der Waals surface area (Å²) >= 11 is 0. The average Bonchev–Trinajstić information content (AvgIpc) is 2.87. The molecule has 1 atom stereocenters. The second-order valence-electron chi connectivity index (χ2n) is 3.64. The maximum atomic E-state index is 5.49. The van der Waals surface area contributed by atoms with Crippen molar-refractivity contribution in [1.82, 2.24) is 0 Å². The number of epoxide rings is 1. The highest BCUT2D eigenvalue weighted by Gasteiger charge is 2.44. The summed E-state index contributed by atoms with van der Waals surface area (Å²) in [5, 5.41) is 0. The van der Waals surface area contributed by atoms with Gasteiger partial charge in [0, 0.05) is 6.42 Å². The predicted octanol–water partition coefficient (Wildman–Crippen LogP) is 2.80. The number of rotatable bonds is 3. The number of hydrogen-bond acceptors (Lipinski definition) is 1. The Labute approximate surface area is 79.0 Å². The van der Waals surface area contributed by atoms with Crippen LogP contribution in [-0.4, -0.2) is 6.61 Å². The van der Waals surface area contributed by atoms with Crippen LogP contribution in [-0.2, 0) is 10.3 Å². The molecule has 1 aliphatic heterocycles. The Bertz CT molecular complexity index is 306. The first-order valence-electron chi connectivity index (χ1n) is 4.59. The smallest absolute Gasteiger partial charge is 0.120 e. The minimum atomic E-state index is -0.0323. The van der Waals surface area contributed by atoms with Gasteiger partial charge in [-0.15, -0.1) is 6.58 Å². The molecule has 1 heterocycles. The summed E-state index contributed by atoms with van der Waals surface area (Å²) in [5.41, 5.74) is 2.53. The monoisotopic (exact) mass is 174 g/mol. The van der Waals surface area contributed by atoms with E-state index in [1.165, 1.54) is 11.1 Å². The van der Waals surface area contributed by atoms with E-state index in [2.05, 4.69) is 37.8 Å². The Balaban J connectivity index is 2.25. The topological polar surface area (TPSA) is 12.5 Å². The van der Waals surface area contributed by atoms with E-state index in [1.807, 2.05) is 6.08 Å². The molecule has 68 valence electrons. The van der Waals surface area contributed by atoms with E-state index < -0.39 is 0 Å². The average molecular weight is 174 g/mol. The Kier molecular flexibility index (Phi) is 1.97. The number of aryl methyl sites for hydroxylation is 1. The SMILES string of the molecule is C=CCC1(c2ccc(C)cc2)CO1. The highest BCUT2D eigenvalue weighted by molar-refractivity contribution is 5.30. The van der Waals surface area contributed by atoms with Gasteiger partial charge in [0.25, 0.3) is 0 Å². The lowest BCUT2D eigenvalue weighted by atomic mass is 9.96. The molecule has 1 nitrogen and oxygen atoms in total. The van der Waals surface area contributed by atoms with Crippen LogP contribution in [0.15, 0.2) is 36.9 Å². The van der Waals surface area contributed by atoms with Crippen molar-refractivity contribution < 1.29 is 4.74 Å². The summed E-state index contributed by atoms with van der Waals surface area (Å²) in [6.45, 7) is 6.68. The van der Waals surface area contributed by atoms with Crippen molar-refractivity contribution in [2.75, 3.05) is 6.61 Å². The van der Waals surface area contributed by atoms with Crippen LogP contribution in [0.2, 0.25) is 0 Å². The number of benzene rings is 1. The van der Waals surface area contributed by atoms with Crippen molar-refractivity contribution >= 4 is 0 Å². The lowest BCUT2D eigenvalue weighted by Gasteiger charge is -2.09. The summed E-state index contributed by atoms with van der Waals surface area (Å²) in [6.07, 6.45) is 2.84. The third-order valence-corrected chi connectivity index (χ3v) is 2.54. The molecule has 1 saturated heterocycles. The van der Waals surface area contributed by atoms with E-state index in [0.717, 1.165) is 13.0 Å². The third-order valence-electron chi connectivity index (χ3n) is 2.54. The van der Waals surface area contributed by atoms with Gasteiger partial charge in [0.05, 0.1) is 6.61 Å².